The van der Waals surface area contributed by atoms with Crippen molar-refractivity contribution in [3.05, 3.63) is 48.0 Å². The first-order valence-corrected chi connectivity index (χ1v) is 7.11. The number of rotatable bonds is 5. The molecular weight excluding hydrogens is 268 g/mol. The van der Waals surface area contributed by atoms with E-state index >= 15 is 0 Å². The minimum Gasteiger partial charge on any atom is -0.390 e. The maximum atomic E-state index is 12.0. The van der Waals surface area contributed by atoms with Gasteiger partial charge in [-0.05, 0) is 17.5 Å². The molecule has 0 fully saturated rings. The van der Waals surface area contributed by atoms with Gasteiger partial charge < -0.3 is 10.4 Å². The van der Waals surface area contributed by atoms with E-state index in [1.54, 1.807) is 11.0 Å². The van der Waals surface area contributed by atoms with Crippen LogP contribution in [-0.4, -0.2) is 31.9 Å². The Morgan fingerprint density at radius 1 is 1.43 bits per heavy atom. The molecule has 1 aromatic heterocycles. The van der Waals surface area contributed by atoms with E-state index in [2.05, 4.69) is 15.4 Å². The predicted octanol–water partition coefficient (Wildman–Crippen LogP) is 0.833. The van der Waals surface area contributed by atoms with E-state index in [4.69, 9.17) is 0 Å². The van der Waals surface area contributed by atoms with Crippen LogP contribution in [-0.2, 0) is 17.8 Å². The van der Waals surface area contributed by atoms with Crippen molar-refractivity contribution in [1.29, 1.82) is 0 Å². The van der Waals surface area contributed by atoms with Crippen LogP contribution in [0, 0.1) is 0 Å². The molecule has 1 amide bonds. The molecule has 1 heterocycles. The SMILES string of the molecule is O=C(CCCn1cncn1)NC1c2ccccc2CC1O. The fraction of sp³-hybridized carbons (Fsp3) is 0.400. The summed E-state index contributed by atoms with van der Waals surface area (Å²) in [7, 11) is 0. The van der Waals surface area contributed by atoms with Crippen LogP contribution in [0.5, 0.6) is 0 Å². The number of hydrogen-bond acceptors (Lipinski definition) is 4. The Morgan fingerprint density at radius 3 is 3.10 bits per heavy atom. The number of hydrogen-bond donors (Lipinski definition) is 2. The lowest BCUT2D eigenvalue weighted by atomic mass is 10.1. The number of aromatic nitrogens is 3. The second-order valence-electron chi connectivity index (χ2n) is 5.28. The first-order chi connectivity index (χ1) is 10.2. The van der Waals surface area contributed by atoms with E-state index in [0.29, 0.717) is 25.8 Å². The van der Waals surface area contributed by atoms with E-state index in [1.165, 1.54) is 6.33 Å². The van der Waals surface area contributed by atoms with Crippen molar-refractivity contribution in [2.24, 2.45) is 0 Å². The van der Waals surface area contributed by atoms with Gasteiger partial charge in [-0.25, -0.2) is 4.98 Å². The molecule has 2 aromatic rings. The highest BCUT2D eigenvalue weighted by molar-refractivity contribution is 5.76. The van der Waals surface area contributed by atoms with Crippen LogP contribution >= 0.6 is 0 Å². The quantitative estimate of drug-likeness (QED) is 0.853. The van der Waals surface area contributed by atoms with Crippen LogP contribution in [0.3, 0.4) is 0 Å². The van der Waals surface area contributed by atoms with Crippen LogP contribution in [0.2, 0.25) is 0 Å². The van der Waals surface area contributed by atoms with Crippen molar-refractivity contribution in [1.82, 2.24) is 20.1 Å². The number of carbonyl (C=O) groups excluding carboxylic acids is 1. The Balaban J connectivity index is 1.53. The molecule has 0 bridgehead atoms. The van der Waals surface area contributed by atoms with Gasteiger partial charge in [-0.1, -0.05) is 24.3 Å². The number of amides is 1. The molecular formula is C15H18N4O2. The predicted molar refractivity (Wildman–Crippen MR) is 76.3 cm³/mol. The van der Waals surface area contributed by atoms with E-state index in [9.17, 15) is 9.90 Å². The number of aryl methyl sites for hydroxylation is 1. The Kier molecular flexibility index (Phi) is 3.96. The summed E-state index contributed by atoms with van der Waals surface area (Å²) in [6, 6.07) is 7.55. The molecule has 2 atom stereocenters. The van der Waals surface area contributed by atoms with Crippen molar-refractivity contribution in [2.75, 3.05) is 0 Å². The van der Waals surface area contributed by atoms with Gasteiger partial charge in [-0.15, -0.1) is 0 Å². The van der Waals surface area contributed by atoms with E-state index in [0.717, 1.165) is 11.1 Å². The number of aliphatic hydroxyl groups excluding tert-OH is 1. The van der Waals surface area contributed by atoms with Crippen LogP contribution in [0.25, 0.3) is 0 Å². The van der Waals surface area contributed by atoms with Crippen LogP contribution in [0.4, 0.5) is 0 Å². The molecule has 0 spiro atoms. The summed E-state index contributed by atoms with van der Waals surface area (Å²) in [5, 5.41) is 17.0. The summed E-state index contributed by atoms with van der Waals surface area (Å²) < 4.78 is 1.70. The molecule has 0 radical (unpaired) electrons. The van der Waals surface area contributed by atoms with Gasteiger partial charge in [0.25, 0.3) is 0 Å². The van der Waals surface area contributed by atoms with Gasteiger partial charge in [0.2, 0.25) is 5.91 Å². The zero-order valence-corrected chi connectivity index (χ0v) is 11.6. The van der Waals surface area contributed by atoms with Gasteiger partial charge >= 0.3 is 0 Å². The van der Waals surface area contributed by atoms with Crippen molar-refractivity contribution >= 4 is 5.91 Å². The molecule has 6 nitrogen and oxygen atoms in total. The number of fused-ring (bicyclic) bond motifs is 1. The molecule has 1 aliphatic rings. The van der Waals surface area contributed by atoms with Crippen molar-refractivity contribution in [3.8, 4) is 0 Å². The first kappa shape index (κ1) is 13.8. The fourth-order valence-electron chi connectivity index (χ4n) is 2.74. The Labute approximate surface area is 122 Å². The maximum Gasteiger partial charge on any atom is 0.220 e. The summed E-state index contributed by atoms with van der Waals surface area (Å²) in [6.07, 6.45) is 4.27. The first-order valence-electron chi connectivity index (χ1n) is 7.11. The normalized spacial score (nSPS) is 20.2. The molecule has 21 heavy (non-hydrogen) atoms. The maximum absolute atomic E-state index is 12.0. The number of benzene rings is 1. The highest BCUT2D eigenvalue weighted by atomic mass is 16.3. The van der Waals surface area contributed by atoms with Gasteiger partial charge in [0, 0.05) is 19.4 Å². The van der Waals surface area contributed by atoms with Crippen LogP contribution in [0.15, 0.2) is 36.9 Å². The highest BCUT2D eigenvalue weighted by Crippen LogP contribution is 2.31. The van der Waals surface area contributed by atoms with Gasteiger partial charge in [0.15, 0.2) is 0 Å². The standard InChI is InChI=1S/C15H18N4O2/c20-13-8-11-4-1-2-5-12(11)15(13)18-14(21)6-3-7-19-10-16-9-17-19/h1-2,4-5,9-10,13,15,20H,3,6-8H2,(H,18,21). The molecule has 110 valence electrons. The third kappa shape index (κ3) is 3.11. The summed E-state index contributed by atoms with van der Waals surface area (Å²) in [4.78, 5) is 15.9. The Morgan fingerprint density at radius 2 is 2.29 bits per heavy atom. The molecule has 3 rings (SSSR count). The Hall–Kier alpha value is -2.21. The van der Waals surface area contributed by atoms with Crippen molar-refractivity contribution in [3.63, 3.8) is 0 Å². The molecule has 1 aromatic carbocycles. The van der Waals surface area contributed by atoms with E-state index < -0.39 is 6.10 Å². The zero-order valence-electron chi connectivity index (χ0n) is 11.6. The lowest BCUT2D eigenvalue weighted by Crippen LogP contribution is -2.33. The summed E-state index contributed by atoms with van der Waals surface area (Å²) in [5.74, 6) is -0.0455. The van der Waals surface area contributed by atoms with Gasteiger partial charge in [0.05, 0.1) is 12.1 Å². The van der Waals surface area contributed by atoms with E-state index in [1.807, 2.05) is 24.3 Å². The third-order valence-electron chi connectivity index (χ3n) is 3.78. The third-order valence-corrected chi connectivity index (χ3v) is 3.78. The smallest absolute Gasteiger partial charge is 0.220 e. The van der Waals surface area contributed by atoms with Crippen molar-refractivity contribution in [2.45, 2.75) is 38.0 Å². The van der Waals surface area contributed by atoms with E-state index in [-0.39, 0.29) is 11.9 Å². The molecule has 2 N–H and O–H groups in total. The minimum absolute atomic E-state index is 0.0455. The number of nitrogens with zero attached hydrogens (tertiary/aromatic N) is 3. The van der Waals surface area contributed by atoms with Crippen molar-refractivity contribution < 1.29 is 9.90 Å². The second kappa shape index (κ2) is 6.05. The fourth-order valence-corrected chi connectivity index (χ4v) is 2.74. The van der Waals surface area contributed by atoms with Crippen LogP contribution < -0.4 is 5.32 Å². The number of aliphatic hydroxyl groups is 1. The largest absolute Gasteiger partial charge is 0.390 e. The monoisotopic (exact) mass is 286 g/mol. The molecule has 0 saturated heterocycles. The average molecular weight is 286 g/mol. The lowest BCUT2D eigenvalue weighted by Gasteiger charge is -2.18. The summed E-state index contributed by atoms with van der Waals surface area (Å²) >= 11 is 0. The molecule has 0 saturated carbocycles. The van der Waals surface area contributed by atoms with Gasteiger partial charge in [-0.3, -0.25) is 9.48 Å². The lowest BCUT2D eigenvalue weighted by molar-refractivity contribution is -0.122. The van der Waals surface area contributed by atoms with Gasteiger partial charge in [-0.2, -0.15) is 5.10 Å². The zero-order chi connectivity index (χ0) is 14.7. The molecule has 2 unspecified atom stereocenters. The summed E-state index contributed by atoms with van der Waals surface area (Å²) in [5.41, 5.74) is 2.13. The van der Waals surface area contributed by atoms with Gasteiger partial charge in [0.1, 0.15) is 12.7 Å². The number of carbonyl (C=O) groups is 1. The summed E-state index contributed by atoms with van der Waals surface area (Å²) in [6.45, 7) is 0.664. The molecule has 6 heteroatoms. The second-order valence-corrected chi connectivity index (χ2v) is 5.28. The Bertz CT molecular complexity index is 612. The molecule has 1 aliphatic carbocycles. The number of nitrogens with one attached hydrogen (secondary N) is 1. The molecule has 0 aliphatic heterocycles. The average Bonchev–Trinajstić information content (AvgIpc) is 3.08. The highest BCUT2D eigenvalue weighted by Gasteiger charge is 2.31. The minimum atomic E-state index is -0.540. The van der Waals surface area contributed by atoms with Crippen LogP contribution in [0.1, 0.15) is 30.0 Å². The topological polar surface area (TPSA) is 80.0 Å².